The van der Waals surface area contributed by atoms with Crippen LogP contribution in [0.2, 0.25) is 0 Å². The Balaban J connectivity index is 1.27. The summed E-state index contributed by atoms with van der Waals surface area (Å²) in [5, 5.41) is 1.10. The number of piperidine rings is 1. The van der Waals surface area contributed by atoms with Gasteiger partial charge in [0.2, 0.25) is 0 Å². The van der Waals surface area contributed by atoms with Crippen molar-refractivity contribution in [3.63, 3.8) is 0 Å². The van der Waals surface area contributed by atoms with Crippen LogP contribution in [-0.4, -0.2) is 46.9 Å². The Labute approximate surface area is 178 Å². The first-order chi connectivity index (χ1) is 14.7. The minimum atomic E-state index is 0.122. The standard InChI is InChI=1S/C26H31N3O/c1-2-28(26(30)24-16-21-10-4-6-12-23(21)27-24)17-19-8-7-15-29(18-19)25-14-13-20-9-3-5-11-22(20)25/h3-6,9-12,16,19,25,27H,2,7-8,13-15,17-18H2,1H3. The van der Waals surface area contributed by atoms with Gasteiger partial charge in [-0.1, -0.05) is 42.5 Å². The van der Waals surface area contributed by atoms with Gasteiger partial charge in [0.1, 0.15) is 5.69 Å². The maximum Gasteiger partial charge on any atom is 0.270 e. The third kappa shape index (κ3) is 3.65. The van der Waals surface area contributed by atoms with Gasteiger partial charge in [0.15, 0.2) is 0 Å². The molecule has 5 rings (SSSR count). The van der Waals surface area contributed by atoms with Gasteiger partial charge in [-0.25, -0.2) is 0 Å². The molecule has 0 radical (unpaired) electrons. The number of aryl methyl sites for hydroxylation is 1. The van der Waals surface area contributed by atoms with E-state index < -0.39 is 0 Å². The van der Waals surface area contributed by atoms with Gasteiger partial charge in [-0.3, -0.25) is 9.69 Å². The number of likely N-dealkylation sites (tertiary alicyclic amines) is 1. The highest BCUT2D eigenvalue weighted by molar-refractivity contribution is 5.98. The Morgan fingerprint density at radius 3 is 2.83 bits per heavy atom. The zero-order chi connectivity index (χ0) is 20.5. The molecule has 1 fully saturated rings. The van der Waals surface area contributed by atoms with Crippen LogP contribution in [0.4, 0.5) is 0 Å². The number of para-hydroxylation sites is 1. The number of hydrogen-bond donors (Lipinski definition) is 1. The van der Waals surface area contributed by atoms with E-state index in [0.29, 0.717) is 17.7 Å². The lowest BCUT2D eigenvalue weighted by Gasteiger charge is -2.39. The summed E-state index contributed by atoms with van der Waals surface area (Å²) in [5.74, 6) is 0.664. The normalized spacial score (nSPS) is 21.6. The molecule has 1 N–H and O–H groups in total. The van der Waals surface area contributed by atoms with Crippen LogP contribution >= 0.6 is 0 Å². The van der Waals surface area contributed by atoms with Crippen molar-refractivity contribution in [3.05, 3.63) is 71.4 Å². The molecular formula is C26H31N3O. The predicted molar refractivity (Wildman–Crippen MR) is 122 cm³/mol. The van der Waals surface area contributed by atoms with E-state index in [9.17, 15) is 4.79 Å². The third-order valence-corrected chi connectivity index (χ3v) is 7.00. The van der Waals surface area contributed by atoms with Crippen LogP contribution in [0.5, 0.6) is 0 Å². The largest absolute Gasteiger partial charge is 0.351 e. The topological polar surface area (TPSA) is 39.3 Å². The summed E-state index contributed by atoms with van der Waals surface area (Å²) in [6.07, 6.45) is 4.86. The SMILES string of the molecule is CCN(CC1CCCN(C2CCc3ccccc32)C1)C(=O)c1cc2ccccc2[nH]1. The molecule has 2 aromatic carbocycles. The van der Waals surface area contributed by atoms with Crippen LogP contribution in [0.3, 0.4) is 0 Å². The Morgan fingerprint density at radius 1 is 1.13 bits per heavy atom. The molecule has 1 amide bonds. The van der Waals surface area contributed by atoms with E-state index in [2.05, 4.69) is 47.1 Å². The van der Waals surface area contributed by atoms with E-state index >= 15 is 0 Å². The number of hydrogen-bond acceptors (Lipinski definition) is 2. The van der Waals surface area contributed by atoms with Crippen molar-refractivity contribution >= 4 is 16.8 Å². The molecular weight excluding hydrogens is 370 g/mol. The number of amides is 1. The molecule has 1 saturated heterocycles. The first-order valence-corrected chi connectivity index (χ1v) is 11.4. The second-order valence-electron chi connectivity index (χ2n) is 8.87. The number of H-pyrrole nitrogens is 1. The van der Waals surface area contributed by atoms with Gasteiger partial charge in [0.25, 0.3) is 5.91 Å². The summed E-state index contributed by atoms with van der Waals surface area (Å²) in [5.41, 5.74) is 4.78. The number of benzene rings is 2. The second-order valence-corrected chi connectivity index (χ2v) is 8.87. The van der Waals surface area contributed by atoms with Crippen LogP contribution in [-0.2, 0) is 6.42 Å². The van der Waals surface area contributed by atoms with E-state index in [1.807, 2.05) is 29.2 Å². The van der Waals surface area contributed by atoms with Crippen molar-refractivity contribution in [1.29, 1.82) is 0 Å². The zero-order valence-corrected chi connectivity index (χ0v) is 17.8. The van der Waals surface area contributed by atoms with Crippen LogP contribution in [0.15, 0.2) is 54.6 Å². The molecule has 4 nitrogen and oxygen atoms in total. The fourth-order valence-electron chi connectivity index (χ4n) is 5.47. The van der Waals surface area contributed by atoms with Gasteiger partial charge in [-0.05, 0) is 68.3 Å². The van der Waals surface area contributed by atoms with Crippen molar-refractivity contribution in [2.24, 2.45) is 5.92 Å². The Morgan fingerprint density at radius 2 is 1.97 bits per heavy atom. The maximum absolute atomic E-state index is 13.2. The number of nitrogens with one attached hydrogen (secondary N) is 1. The van der Waals surface area contributed by atoms with E-state index in [1.54, 1.807) is 0 Å². The number of carbonyl (C=O) groups excluding carboxylic acids is 1. The van der Waals surface area contributed by atoms with Gasteiger partial charge in [0.05, 0.1) is 0 Å². The lowest BCUT2D eigenvalue weighted by Crippen LogP contribution is -2.43. The average Bonchev–Trinajstić information content (AvgIpc) is 3.41. The van der Waals surface area contributed by atoms with Crippen molar-refractivity contribution in [1.82, 2.24) is 14.8 Å². The van der Waals surface area contributed by atoms with Crippen LogP contribution in [0.1, 0.15) is 53.8 Å². The van der Waals surface area contributed by atoms with Gasteiger partial charge >= 0.3 is 0 Å². The molecule has 0 bridgehead atoms. The quantitative estimate of drug-likeness (QED) is 0.651. The molecule has 2 heterocycles. The molecule has 2 atom stereocenters. The molecule has 3 aromatic rings. The smallest absolute Gasteiger partial charge is 0.270 e. The average molecular weight is 402 g/mol. The van der Waals surface area contributed by atoms with Crippen LogP contribution in [0, 0.1) is 5.92 Å². The fourth-order valence-corrected chi connectivity index (χ4v) is 5.47. The summed E-state index contributed by atoms with van der Waals surface area (Å²) in [4.78, 5) is 21.2. The summed E-state index contributed by atoms with van der Waals surface area (Å²) < 4.78 is 0. The molecule has 1 aromatic heterocycles. The van der Waals surface area contributed by atoms with Crippen molar-refractivity contribution in [3.8, 4) is 0 Å². The van der Waals surface area contributed by atoms with E-state index in [1.165, 1.54) is 43.4 Å². The minimum Gasteiger partial charge on any atom is -0.351 e. The highest BCUT2D eigenvalue weighted by atomic mass is 16.2. The summed E-state index contributed by atoms with van der Waals surface area (Å²) in [7, 11) is 0. The summed E-state index contributed by atoms with van der Waals surface area (Å²) in [6.45, 7) is 5.95. The lowest BCUT2D eigenvalue weighted by molar-refractivity contribution is 0.0644. The van der Waals surface area contributed by atoms with Crippen LogP contribution < -0.4 is 0 Å². The number of nitrogens with zero attached hydrogens (tertiary/aromatic N) is 2. The Bertz CT molecular complexity index is 1010. The molecule has 1 aliphatic carbocycles. The molecule has 2 unspecified atom stereocenters. The van der Waals surface area contributed by atoms with Gasteiger partial charge in [0, 0.05) is 36.6 Å². The number of aromatic amines is 1. The van der Waals surface area contributed by atoms with E-state index in [0.717, 1.165) is 30.5 Å². The van der Waals surface area contributed by atoms with Gasteiger partial charge in [-0.15, -0.1) is 0 Å². The monoisotopic (exact) mass is 401 g/mol. The minimum absolute atomic E-state index is 0.122. The first-order valence-electron chi connectivity index (χ1n) is 11.4. The van der Waals surface area contributed by atoms with E-state index in [4.69, 9.17) is 0 Å². The molecule has 0 saturated carbocycles. The van der Waals surface area contributed by atoms with Crippen molar-refractivity contribution < 1.29 is 4.79 Å². The summed E-state index contributed by atoms with van der Waals surface area (Å²) in [6, 6.07) is 19.6. The predicted octanol–water partition coefficient (Wildman–Crippen LogP) is 5.03. The third-order valence-electron chi connectivity index (χ3n) is 7.00. The first kappa shape index (κ1) is 19.4. The van der Waals surface area contributed by atoms with Crippen LogP contribution in [0.25, 0.3) is 10.9 Å². The van der Waals surface area contributed by atoms with Crippen molar-refractivity contribution in [2.45, 2.75) is 38.6 Å². The fraction of sp³-hybridized carbons (Fsp3) is 0.423. The number of rotatable bonds is 5. The molecule has 1 aliphatic heterocycles. The maximum atomic E-state index is 13.2. The Hall–Kier alpha value is -2.59. The van der Waals surface area contributed by atoms with E-state index in [-0.39, 0.29) is 5.91 Å². The highest BCUT2D eigenvalue weighted by Crippen LogP contribution is 2.37. The molecule has 156 valence electrons. The number of carbonyl (C=O) groups is 1. The van der Waals surface area contributed by atoms with Gasteiger partial charge in [-0.2, -0.15) is 0 Å². The molecule has 4 heteroatoms. The number of aromatic nitrogens is 1. The Kier molecular flexibility index (Phi) is 5.34. The van der Waals surface area contributed by atoms with Crippen molar-refractivity contribution in [2.75, 3.05) is 26.2 Å². The second kappa shape index (κ2) is 8.27. The number of fused-ring (bicyclic) bond motifs is 2. The van der Waals surface area contributed by atoms with Gasteiger partial charge < -0.3 is 9.88 Å². The molecule has 30 heavy (non-hydrogen) atoms. The molecule has 2 aliphatic rings. The highest BCUT2D eigenvalue weighted by Gasteiger charge is 2.32. The lowest BCUT2D eigenvalue weighted by atomic mass is 9.94. The molecule has 0 spiro atoms. The summed E-state index contributed by atoms with van der Waals surface area (Å²) >= 11 is 0. The zero-order valence-electron chi connectivity index (χ0n) is 17.8.